The number of carbonyl (C=O) groups is 1. The number of carbonyl (C=O) groups excluding carboxylic acids is 1. The van der Waals surface area contributed by atoms with E-state index in [1.165, 1.54) is 0 Å². The van der Waals surface area contributed by atoms with Crippen molar-refractivity contribution in [3.05, 3.63) is 29.3 Å². The summed E-state index contributed by atoms with van der Waals surface area (Å²) in [5.41, 5.74) is 2.09. The fourth-order valence-electron chi connectivity index (χ4n) is 1.79. The second kappa shape index (κ2) is 6.31. The van der Waals surface area contributed by atoms with Gasteiger partial charge in [-0.3, -0.25) is 4.79 Å². The summed E-state index contributed by atoms with van der Waals surface area (Å²) >= 11 is 0. The number of rotatable bonds is 6. The van der Waals surface area contributed by atoms with E-state index in [-0.39, 0.29) is 0 Å². The standard InChI is InChI=1S/C14H20O2/c1-3-5-13(15)7-4-6-12-10-11(2)8-9-14(12)16/h8-10,16H,3-7H2,1-2H3. The molecule has 1 N–H and O–H groups in total. The Kier molecular flexibility index (Phi) is 5.03. The van der Waals surface area contributed by atoms with Crippen LogP contribution >= 0.6 is 0 Å². The number of ketones is 1. The van der Waals surface area contributed by atoms with Crippen molar-refractivity contribution in [3.63, 3.8) is 0 Å². The van der Waals surface area contributed by atoms with Crippen LogP contribution in [-0.4, -0.2) is 10.9 Å². The first-order valence-corrected chi connectivity index (χ1v) is 5.93. The van der Waals surface area contributed by atoms with E-state index in [9.17, 15) is 9.90 Å². The van der Waals surface area contributed by atoms with Gasteiger partial charge in [0.05, 0.1) is 0 Å². The molecule has 0 aliphatic rings. The van der Waals surface area contributed by atoms with Gasteiger partial charge in [-0.05, 0) is 37.8 Å². The molecule has 1 rings (SSSR count). The summed E-state index contributed by atoms with van der Waals surface area (Å²) in [4.78, 5) is 11.3. The first-order chi connectivity index (χ1) is 7.63. The van der Waals surface area contributed by atoms with E-state index in [0.29, 0.717) is 24.4 Å². The minimum Gasteiger partial charge on any atom is -0.508 e. The Morgan fingerprint density at radius 1 is 1.31 bits per heavy atom. The van der Waals surface area contributed by atoms with Gasteiger partial charge < -0.3 is 5.11 Å². The van der Waals surface area contributed by atoms with E-state index in [1.807, 2.05) is 26.0 Å². The summed E-state index contributed by atoms with van der Waals surface area (Å²) in [7, 11) is 0. The average Bonchev–Trinajstić information content (AvgIpc) is 2.23. The number of aromatic hydroxyl groups is 1. The lowest BCUT2D eigenvalue weighted by atomic mass is 10.0. The molecule has 0 aliphatic heterocycles. The lowest BCUT2D eigenvalue weighted by Gasteiger charge is -2.05. The van der Waals surface area contributed by atoms with E-state index in [2.05, 4.69) is 0 Å². The summed E-state index contributed by atoms with van der Waals surface area (Å²) in [5, 5.41) is 9.62. The highest BCUT2D eigenvalue weighted by molar-refractivity contribution is 5.78. The van der Waals surface area contributed by atoms with Gasteiger partial charge in [0.15, 0.2) is 0 Å². The first kappa shape index (κ1) is 12.8. The van der Waals surface area contributed by atoms with Gasteiger partial charge in [-0.15, -0.1) is 0 Å². The minimum atomic E-state index is 0.328. The summed E-state index contributed by atoms with van der Waals surface area (Å²) in [6.45, 7) is 4.02. The summed E-state index contributed by atoms with van der Waals surface area (Å²) in [5.74, 6) is 0.670. The van der Waals surface area contributed by atoms with Crippen LogP contribution in [0.15, 0.2) is 18.2 Å². The maximum absolute atomic E-state index is 11.3. The van der Waals surface area contributed by atoms with Crippen LogP contribution in [0.25, 0.3) is 0 Å². The maximum Gasteiger partial charge on any atom is 0.132 e. The molecule has 0 fully saturated rings. The van der Waals surface area contributed by atoms with Crippen molar-refractivity contribution in [3.8, 4) is 5.75 Å². The van der Waals surface area contributed by atoms with E-state index < -0.39 is 0 Å². The number of Topliss-reactive ketones (excluding diaryl/α,β-unsaturated/α-hetero) is 1. The number of benzene rings is 1. The first-order valence-electron chi connectivity index (χ1n) is 5.93. The van der Waals surface area contributed by atoms with Crippen molar-refractivity contribution in [2.24, 2.45) is 0 Å². The van der Waals surface area contributed by atoms with Crippen LogP contribution < -0.4 is 0 Å². The van der Waals surface area contributed by atoms with Crippen LogP contribution in [0.3, 0.4) is 0 Å². The van der Waals surface area contributed by atoms with Crippen LogP contribution in [0.1, 0.15) is 43.7 Å². The smallest absolute Gasteiger partial charge is 0.132 e. The highest BCUT2D eigenvalue weighted by atomic mass is 16.3. The molecule has 0 atom stereocenters. The second-order valence-corrected chi connectivity index (χ2v) is 4.27. The van der Waals surface area contributed by atoms with Crippen LogP contribution in [0.4, 0.5) is 0 Å². The van der Waals surface area contributed by atoms with Gasteiger partial charge in [0.25, 0.3) is 0 Å². The molecule has 0 heterocycles. The van der Waals surface area contributed by atoms with Gasteiger partial charge in [0.1, 0.15) is 11.5 Å². The highest BCUT2D eigenvalue weighted by Crippen LogP contribution is 2.20. The maximum atomic E-state index is 11.3. The Labute approximate surface area is 97.3 Å². The fourth-order valence-corrected chi connectivity index (χ4v) is 1.79. The normalized spacial score (nSPS) is 10.4. The van der Waals surface area contributed by atoms with Crippen LogP contribution in [-0.2, 0) is 11.2 Å². The fraction of sp³-hybridized carbons (Fsp3) is 0.500. The van der Waals surface area contributed by atoms with E-state index in [4.69, 9.17) is 0 Å². The number of phenols is 1. The molecule has 1 aromatic rings. The predicted molar refractivity (Wildman–Crippen MR) is 65.7 cm³/mol. The Hall–Kier alpha value is -1.31. The van der Waals surface area contributed by atoms with Crippen molar-refractivity contribution in [2.75, 3.05) is 0 Å². The van der Waals surface area contributed by atoms with Gasteiger partial charge in [-0.2, -0.15) is 0 Å². The Morgan fingerprint density at radius 2 is 2.06 bits per heavy atom. The molecular weight excluding hydrogens is 200 g/mol. The third kappa shape index (κ3) is 4.05. The number of hydrogen-bond donors (Lipinski definition) is 1. The molecule has 0 aromatic heterocycles. The largest absolute Gasteiger partial charge is 0.508 e. The van der Waals surface area contributed by atoms with Crippen molar-refractivity contribution >= 4 is 5.78 Å². The molecule has 0 spiro atoms. The monoisotopic (exact) mass is 220 g/mol. The van der Waals surface area contributed by atoms with Gasteiger partial charge in [0, 0.05) is 12.8 Å². The third-order valence-electron chi connectivity index (χ3n) is 2.67. The van der Waals surface area contributed by atoms with Crippen LogP contribution in [0, 0.1) is 6.92 Å². The van der Waals surface area contributed by atoms with Crippen molar-refractivity contribution in [1.82, 2.24) is 0 Å². The lowest BCUT2D eigenvalue weighted by molar-refractivity contribution is -0.119. The SMILES string of the molecule is CCCC(=O)CCCc1cc(C)ccc1O. The third-order valence-corrected chi connectivity index (χ3v) is 2.67. The molecule has 2 heteroatoms. The molecule has 0 aliphatic carbocycles. The molecular formula is C14H20O2. The summed E-state index contributed by atoms with van der Waals surface area (Å²) < 4.78 is 0. The number of hydrogen-bond acceptors (Lipinski definition) is 2. The van der Waals surface area contributed by atoms with Crippen LogP contribution in [0.5, 0.6) is 5.75 Å². The van der Waals surface area contributed by atoms with Gasteiger partial charge >= 0.3 is 0 Å². The zero-order chi connectivity index (χ0) is 12.0. The van der Waals surface area contributed by atoms with Gasteiger partial charge in [-0.1, -0.05) is 24.6 Å². The number of aryl methyl sites for hydroxylation is 2. The zero-order valence-corrected chi connectivity index (χ0v) is 10.1. The molecule has 0 radical (unpaired) electrons. The summed E-state index contributed by atoms with van der Waals surface area (Å²) in [6, 6.07) is 5.60. The van der Waals surface area contributed by atoms with Crippen molar-refractivity contribution in [2.45, 2.75) is 46.0 Å². The minimum absolute atomic E-state index is 0.328. The van der Waals surface area contributed by atoms with E-state index in [0.717, 1.165) is 30.4 Å². The molecule has 0 unspecified atom stereocenters. The van der Waals surface area contributed by atoms with E-state index >= 15 is 0 Å². The van der Waals surface area contributed by atoms with Crippen LogP contribution in [0.2, 0.25) is 0 Å². The van der Waals surface area contributed by atoms with Crippen molar-refractivity contribution < 1.29 is 9.90 Å². The van der Waals surface area contributed by atoms with Gasteiger partial charge in [0.2, 0.25) is 0 Å². The molecule has 1 aromatic carbocycles. The predicted octanol–water partition coefficient (Wildman–Crippen LogP) is 3.39. The Balaban J connectivity index is 2.42. The quantitative estimate of drug-likeness (QED) is 0.797. The molecule has 88 valence electrons. The molecule has 16 heavy (non-hydrogen) atoms. The zero-order valence-electron chi connectivity index (χ0n) is 10.1. The molecule has 0 saturated carbocycles. The molecule has 0 saturated heterocycles. The second-order valence-electron chi connectivity index (χ2n) is 4.27. The Bertz CT molecular complexity index is 356. The highest BCUT2D eigenvalue weighted by Gasteiger charge is 2.04. The Morgan fingerprint density at radius 3 is 2.75 bits per heavy atom. The molecule has 0 amide bonds. The van der Waals surface area contributed by atoms with Crippen molar-refractivity contribution in [1.29, 1.82) is 0 Å². The summed E-state index contributed by atoms with van der Waals surface area (Å²) in [6.07, 6.45) is 3.84. The molecule has 0 bridgehead atoms. The van der Waals surface area contributed by atoms with Gasteiger partial charge in [-0.25, -0.2) is 0 Å². The molecule has 2 nitrogen and oxygen atoms in total. The average molecular weight is 220 g/mol. The lowest BCUT2D eigenvalue weighted by Crippen LogP contribution is -1.98. The topological polar surface area (TPSA) is 37.3 Å². The number of phenolic OH excluding ortho intramolecular Hbond substituents is 1. The van der Waals surface area contributed by atoms with E-state index in [1.54, 1.807) is 6.07 Å².